The van der Waals surface area contributed by atoms with Crippen molar-refractivity contribution in [3.8, 4) is 5.75 Å². The number of ether oxygens (including phenoxy) is 1. The fourth-order valence-corrected chi connectivity index (χ4v) is 5.54. The highest BCUT2D eigenvalue weighted by Crippen LogP contribution is 2.34. The summed E-state index contributed by atoms with van der Waals surface area (Å²) < 4.78 is 19.6. The van der Waals surface area contributed by atoms with Gasteiger partial charge in [-0.3, -0.25) is 9.59 Å². The Hall–Kier alpha value is -2.90. The predicted molar refractivity (Wildman–Crippen MR) is 141 cm³/mol. The standard InChI is InChI=1S/C28H30ClFN2O3S/c1-3-19(2)16-31(28(34)22-9-4-5-10-24(22)29)17-27(33)32-13-11-26-23(12-14-36-26)25(32)18-35-21-8-6-7-20(30)15-21/h4-10,12,14-15,19,25H,3,11,13,16-18H2,1-2H3. The van der Waals surface area contributed by atoms with Gasteiger partial charge in [-0.05, 0) is 53.6 Å². The van der Waals surface area contributed by atoms with Crippen LogP contribution in [0, 0.1) is 11.7 Å². The average molecular weight is 529 g/mol. The second kappa shape index (κ2) is 11.9. The molecular weight excluding hydrogens is 499 g/mol. The molecule has 0 saturated heterocycles. The summed E-state index contributed by atoms with van der Waals surface area (Å²) in [5, 5.41) is 2.38. The summed E-state index contributed by atoms with van der Waals surface area (Å²) in [6.07, 6.45) is 1.63. The van der Waals surface area contributed by atoms with E-state index >= 15 is 0 Å². The Bertz CT molecular complexity index is 1220. The lowest BCUT2D eigenvalue weighted by molar-refractivity contribution is -0.135. The van der Waals surface area contributed by atoms with Crippen molar-refractivity contribution < 1.29 is 18.7 Å². The molecule has 0 aliphatic carbocycles. The number of hydrogen-bond donors (Lipinski definition) is 0. The lowest BCUT2D eigenvalue weighted by Crippen LogP contribution is -2.48. The predicted octanol–water partition coefficient (Wildman–Crippen LogP) is 6.23. The molecule has 2 unspecified atom stereocenters. The molecule has 0 fully saturated rings. The molecule has 36 heavy (non-hydrogen) atoms. The maximum absolute atomic E-state index is 13.7. The van der Waals surface area contributed by atoms with Crippen molar-refractivity contribution in [1.82, 2.24) is 9.80 Å². The zero-order valence-corrected chi connectivity index (χ0v) is 22.0. The molecule has 8 heteroatoms. The minimum Gasteiger partial charge on any atom is -0.491 e. The molecule has 1 aliphatic heterocycles. The summed E-state index contributed by atoms with van der Waals surface area (Å²) in [6.45, 7) is 5.25. The fourth-order valence-electron chi connectivity index (χ4n) is 4.39. The van der Waals surface area contributed by atoms with Crippen LogP contribution in [0.25, 0.3) is 0 Å². The Morgan fingerprint density at radius 2 is 2.03 bits per heavy atom. The van der Waals surface area contributed by atoms with Crippen molar-refractivity contribution in [3.63, 3.8) is 0 Å². The Kier molecular flexibility index (Phi) is 8.64. The van der Waals surface area contributed by atoms with Gasteiger partial charge in [0.05, 0.1) is 16.6 Å². The van der Waals surface area contributed by atoms with Crippen LogP contribution < -0.4 is 4.74 Å². The van der Waals surface area contributed by atoms with E-state index in [1.54, 1.807) is 57.5 Å². The van der Waals surface area contributed by atoms with Gasteiger partial charge in [0.25, 0.3) is 5.91 Å². The molecule has 0 N–H and O–H groups in total. The minimum absolute atomic E-state index is 0.0513. The third-order valence-electron chi connectivity index (χ3n) is 6.57. The normalized spacial score (nSPS) is 15.8. The third kappa shape index (κ3) is 6.08. The van der Waals surface area contributed by atoms with Crippen LogP contribution in [0.15, 0.2) is 60.0 Å². The summed E-state index contributed by atoms with van der Waals surface area (Å²) in [5.41, 5.74) is 1.43. The highest BCUT2D eigenvalue weighted by molar-refractivity contribution is 7.10. The van der Waals surface area contributed by atoms with Crippen LogP contribution in [0.2, 0.25) is 5.02 Å². The van der Waals surface area contributed by atoms with Gasteiger partial charge in [-0.2, -0.15) is 0 Å². The summed E-state index contributed by atoms with van der Waals surface area (Å²) in [6, 6.07) is 14.6. The number of rotatable bonds is 9. The van der Waals surface area contributed by atoms with Crippen molar-refractivity contribution in [2.75, 3.05) is 26.2 Å². The van der Waals surface area contributed by atoms with Crippen molar-refractivity contribution in [3.05, 3.63) is 86.8 Å². The van der Waals surface area contributed by atoms with Gasteiger partial charge in [-0.1, -0.05) is 50.1 Å². The first-order valence-corrected chi connectivity index (χ1v) is 13.4. The second-order valence-electron chi connectivity index (χ2n) is 9.10. The molecular formula is C28H30ClFN2O3S. The first-order valence-electron chi connectivity index (χ1n) is 12.1. The molecule has 0 saturated carbocycles. The average Bonchev–Trinajstić information content (AvgIpc) is 3.36. The van der Waals surface area contributed by atoms with Crippen LogP contribution in [0.3, 0.4) is 0 Å². The molecule has 5 nitrogen and oxygen atoms in total. The first-order chi connectivity index (χ1) is 17.4. The summed E-state index contributed by atoms with van der Waals surface area (Å²) in [5.74, 6) is -0.143. The number of amides is 2. The van der Waals surface area contributed by atoms with Crippen LogP contribution in [0.4, 0.5) is 4.39 Å². The van der Waals surface area contributed by atoms with Gasteiger partial charge in [0.15, 0.2) is 0 Å². The Morgan fingerprint density at radius 3 is 2.78 bits per heavy atom. The molecule has 2 amide bonds. The number of thiophene rings is 1. The molecule has 4 rings (SSSR count). The smallest absolute Gasteiger partial charge is 0.255 e. The number of carbonyl (C=O) groups excluding carboxylic acids is 2. The molecule has 0 bridgehead atoms. The van der Waals surface area contributed by atoms with E-state index in [9.17, 15) is 14.0 Å². The highest BCUT2D eigenvalue weighted by atomic mass is 35.5. The molecule has 2 heterocycles. The van der Waals surface area contributed by atoms with E-state index < -0.39 is 0 Å². The minimum atomic E-state index is -0.376. The van der Waals surface area contributed by atoms with E-state index in [1.165, 1.54) is 17.0 Å². The molecule has 0 radical (unpaired) electrons. The maximum Gasteiger partial charge on any atom is 0.255 e. The van der Waals surface area contributed by atoms with E-state index in [0.717, 1.165) is 18.4 Å². The molecule has 3 aromatic rings. The lowest BCUT2D eigenvalue weighted by Gasteiger charge is -2.37. The molecule has 0 spiro atoms. The number of nitrogens with zero attached hydrogens (tertiary/aromatic N) is 2. The van der Waals surface area contributed by atoms with E-state index in [2.05, 4.69) is 13.8 Å². The van der Waals surface area contributed by atoms with Gasteiger partial charge < -0.3 is 14.5 Å². The number of carbonyl (C=O) groups is 2. The summed E-state index contributed by atoms with van der Waals surface area (Å²) >= 11 is 7.97. The second-order valence-corrected chi connectivity index (χ2v) is 10.5. The molecule has 1 aromatic heterocycles. The lowest BCUT2D eigenvalue weighted by atomic mass is 10.00. The number of fused-ring (bicyclic) bond motifs is 1. The first kappa shape index (κ1) is 26.2. The quantitative estimate of drug-likeness (QED) is 0.330. The van der Waals surface area contributed by atoms with E-state index in [0.29, 0.717) is 29.4 Å². The van der Waals surface area contributed by atoms with E-state index in [-0.39, 0.29) is 42.7 Å². The topological polar surface area (TPSA) is 49.9 Å². The molecule has 2 aromatic carbocycles. The molecule has 2 atom stereocenters. The molecule has 190 valence electrons. The monoisotopic (exact) mass is 528 g/mol. The Labute approximate surface area is 220 Å². The van der Waals surface area contributed by atoms with Crippen LogP contribution in [-0.2, 0) is 11.2 Å². The largest absolute Gasteiger partial charge is 0.491 e. The highest BCUT2D eigenvalue weighted by Gasteiger charge is 2.34. The SMILES string of the molecule is CCC(C)CN(CC(=O)N1CCc2sccc2C1COc1cccc(F)c1)C(=O)c1ccccc1Cl. The Morgan fingerprint density at radius 1 is 1.22 bits per heavy atom. The number of benzene rings is 2. The van der Waals surface area contributed by atoms with Crippen LogP contribution in [-0.4, -0.2) is 47.9 Å². The van der Waals surface area contributed by atoms with E-state index in [1.807, 2.05) is 11.4 Å². The van der Waals surface area contributed by atoms with Crippen molar-refractivity contribution >= 4 is 34.8 Å². The Balaban J connectivity index is 1.55. The van der Waals surface area contributed by atoms with Crippen molar-refractivity contribution in [2.24, 2.45) is 5.92 Å². The van der Waals surface area contributed by atoms with Crippen LogP contribution in [0.5, 0.6) is 5.75 Å². The molecule has 1 aliphatic rings. The van der Waals surface area contributed by atoms with Crippen molar-refractivity contribution in [2.45, 2.75) is 32.7 Å². The van der Waals surface area contributed by atoms with Gasteiger partial charge in [0, 0.05) is 24.0 Å². The number of halogens is 2. The summed E-state index contributed by atoms with van der Waals surface area (Å²) in [7, 11) is 0. The number of hydrogen-bond acceptors (Lipinski definition) is 4. The zero-order valence-electron chi connectivity index (χ0n) is 20.5. The van der Waals surface area contributed by atoms with Gasteiger partial charge in [0.1, 0.15) is 24.7 Å². The third-order valence-corrected chi connectivity index (χ3v) is 7.89. The van der Waals surface area contributed by atoms with Gasteiger partial charge in [0.2, 0.25) is 5.91 Å². The van der Waals surface area contributed by atoms with Crippen LogP contribution in [0.1, 0.15) is 47.1 Å². The summed E-state index contributed by atoms with van der Waals surface area (Å²) in [4.78, 5) is 31.7. The van der Waals surface area contributed by atoms with Crippen LogP contribution >= 0.6 is 22.9 Å². The van der Waals surface area contributed by atoms with Gasteiger partial charge >= 0.3 is 0 Å². The maximum atomic E-state index is 13.7. The van der Waals surface area contributed by atoms with Gasteiger partial charge in [-0.15, -0.1) is 11.3 Å². The fraction of sp³-hybridized carbons (Fsp3) is 0.357. The van der Waals surface area contributed by atoms with Gasteiger partial charge in [-0.25, -0.2) is 4.39 Å². The zero-order chi connectivity index (χ0) is 25.7. The van der Waals surface area contributed by atoms with Crippen molar-refractivity contribution in [1.29, 1.82) is 0 Å². The van der Waals surface area contributed by atoms with E-state index in [4.69, 9.17) is 16.3 Å².